The van der Waals surface area contributed by atoms with E-state index in [0.717, 1.165) is 102 Å². The van der Waals surface area contributed by atoms with E-state index in [1.54, 1.807) is 0 Å². The summed E-state index contributed by atoms with van der Waals surface area (Å²) < 4.78 is 68.9. The van der Waals surface area contributed by atoms with Crippen LogP contribution in [0.25, 0.3) is 0 Å². The molecule has 0 aromatic heterocycles. The Balaban J connectivity index is 5.22. The summed E-state index contributed by atoms with van der Waals surface area (Å²) in [4.78, 5) is 73.2. The highest BCUT2D eigenvalue weighted by Gasteiger charge is 2.30. The second-order valence-electron chi connectivity index (χ2n) is 32.2. The number of unbranched alkanes of at least 4 members (excludes halogenated alkanes) is 56. The lowest BCUT2D eigenvalue weighted by atomic mass is 10.0. The van der Waals surface area contributed by atoms with Gasteiger partial charge in [-0.2, -0.15) is 0 Å². The molecule has 0 fully saturated rings. The molecule has 630 valence electrons. The fraction of sp³-hybridized carbons (Fsp3) is 0.954. The molecular formula is C87H170O17P2. The van der Waals surface area contributed by atoms with Crippen molar-refractivity contribution in [2.24, 2.45) is 11.8 Å². The molecule has 3 N–H and O–H groups in total. The molecule has 0 aliphatic heterocycles. The molecule has 2 unspecified atom stereocenters. The van der Waals surface area contributed by atoms with Crippen molar-refractivity contribution >= 4 is 39.5 Å². The van der Waals surface area contributed by atoms with Crippen molar-refractivity contribution in [2.45, 2.75) is 484 Å². The van der Waals surface area contributed by atoms with Crippen molar-refractivity contribution in [2.75, 3.05) is 39.6 Å². The monoisotopic (exact) mass is 1550 g/mol. The normalized spacial score (nSPS) is 13.8. The SMILES string of the molecule is CCCCCCCCCCCCCCCCCCCC(=O)O[C@H](COC(=O)CCCCCCCCCCCC)COP(=O)(O)OC[C@H](O)COP(=O)(O)OC[C@@H](COC(=O)CCCCCCCCCCCCCCCCCC(C)C)OC(=O)CCCCCCCCCCCCCCCCCCCCC(C)C. The Labute approximate surface area is 651 Å². The number of hydrogen-bond acceptors (Lipinski definition) is 15. The fourth-order valence-electron chi connectivity index (χ4n) is 13.6. The van der Waals surface area contributed by atoms with Gasteiger partial charge in [-0.05, 0) is 37.5 Å². The van der Waals surface area contributed by atoms with E-state index in [1.165, 1.54) is 283 Å². The van der Waals surface area contributed by atoms with Crippen molar-refractivity contribution < 1.29 is 80.2 Å². The fourth-order valence-corrected chi connectivity index (χ4v) is 15.2. The highest BCUT2D eigenvalue weighted by molar-refractivity contribution is 7.47. The van der Waals surface area contributed by atoms with Gasteiger partial charge in [-0.3, -0.25) is 37.3 Å². The quantitative estimate of drug-likeness (QED) is 0.0222. The Morgan fingerprint density at radius 3 is 0.642 bits per heavy atom. The van der Waals surface area contributed by atoms with Crippen LogP contribution >= 0.6 is 15.6 Å². The number of hydrogen-bond donors (Lipinski definition) is 3. The summed E-state index contributed by atoms with van der Waals surface area (Å²) in [6.45, 7) is 9.74. The van der Waals surface area contributed by atoms with Crippen LogP contribution in [-0.4, -0.2) is 96.7 Å². The van der Waals surface area contributed by atoms with Crippen LogP contribution < -0.4 is 0 Å². The molecule has 0 bridgehead atoms. The minimum absolute atomic E-state index is 0.109. The molecule has 0 aromatic carbocycles. The highest BCUT2D eigenvalue weighted by Crippen LogP contribution is 2.45. The predicted octanol–water partition coefficient (Wildman–Crippen LogP) is 26.6. The van der Waals surface area contributed by atoms with Gasteiger partial charge in [0.05, 0.1) is 26.4 Å². The molecule has 106 heavy (non-hydrogen) atoms. The van der Waals surface area contributed by atoms with Crippen molar-refractivity contribution in [3.8, 4) is 0 Å². The Bertz CT molecular complexity index is 2030. The van der Waals surface area contributed by atoms with E-state index in [2.05, 4.69) is 41.5 Å². The van der Waals surface area contributed by atoms with Crippen molar-refractivity contribution in [3.05, 3.63) is 0 Å². The van der Waals surface area contributed by atoms with Gasteiger partial charge in [0.15, 0.2) is 12.2 Å². The minimum atomic E-state index is -4.97. The number of phosphoric acid groups is 2. The van der Waals surface area contributed by atoms with Gasteiger partial charge < -0.3 is 33.8 Å². The Morgan fingerprint density at radius 2 is 0.434 bits per heavy atom. The van der Waals surface area contributed by atoms with Crippen LogP contribution in [0, 0.1) is 11.8 Å². The van der Waals surface area contributed by atoms with E-state index >= 15 is 0 Å². The maximum atomic E-state index is 13.2. The summed E-state index contributed by atoms with van der Waals surface area (Å²) in [6.07, 6.45) is 70.8. The zero-order valence-electron chi connectivity index (χ0n) is 69.7. The molecule has 0 aliphatic rings. The first-order valence-corrected chi connectivity index (χ1v) is 48.0. The van der Waals surface area contributed by atoms with Crippen LogP contribution in [-0.2, 0) is 65.4 Å². The average molecular weight is 1550 g/mol. The Kier molecular flexibility index (Phi) is 76.9. The lowest BCUT2D eigenvalue weighted by Gasteiger charge is -2.21. The third kappa shape index (κ3) is 80.1. The smallest absolute Gasteiger partial charge is 0.462 e. The van der Waals surface area contributed by atoms with Crippen LogP contribution in [0.15, 0.2) is 0 Å². The van der Waals surface area contributed by atoms with E-state index in [4.69, 9.17) is 37.0 Å². The largest absolute Gasteiger partial charge is 0.472 e. The number of esters is 4. The molecule has 5 atom stereocenters. The number of aliphatic hydroxyl groups excluding tert-OH is 1. The minimum Gasteiger partial charge on any atom is -0.462 e. The molecule has 19 heteroatoms. The molecule has 17 nitrogen and oxygen atoms in total. The predicted molar refractivity (Wildman–Crippen MR) is 437 cm³/mol. The molecule has 0 spiro atoms. The molecule has 0 heterocycles. The molecule has 0 saturated carbocycles. The second-order valence-corrected chi connectivity index (χ2v) is 35.1. The first kappa shape index (κ1) is 104. The van der Waals surface area contributed by atoms with Crippen molar-refractivity contribution in [3.63, 3.8) is 0 Å². The standard InChI is InChI=1S/C87H170O17P2/c1-7-9-11-13-15-17-19-20-21-24-30-36-41-47-53-59-65-71-86(91)103-82(75-97-84(89)69-63-57-51-45-18-16-14-12-10-8-2)77-101-105(93,94)99-73-81(88)74-100-106(95,96)102-78-83(76-98-85(90)70-64-58-52-46-40-35-32-27-29-34-39-44-50-56-62-68-80(5)6)104-87(92)72-66-60-54-48-42-37-31-26-23-22-25-28-33-38-43-49-55-61-67-79(3)4/h79-83,88H,7-78H2,1-6H3,(H,93,94)(H,95,96)/t81-,82+,83+/m0/s1. The van der Waals surface area contributed by atoms with Crippen LogP contribution in [0.5, 0.6) is 0 Å². The second kappa shape index (κ2) is 78.3. The van der Waals surface area contributed by atoms with Crippen LogP contribution in [0.2, 0.25) is 0 Å². The lowest BCUT2D eigenvalue weighted by molar-refractivity contribution is -0.161. The molecule has 0 saturated heterocycles. The maximum absolute atomic E-state index is 13.2. The van der Waals surface area contributed by atoms with Crippen LogP contribution in [0.1, 0.15) is 465 Å². The van der Waals surface area contributed by atoms with Crippen LogP contribution in [0.4, 0.5) is 0 Å². The van der Waals surface area contributed by atoms with E-state index in [9.17, 15) is 43.2 Å². The topological polar surface area (TPSA) is 237 Å². The van der Waals surface area contributed by atoms with Gasteiger partial charge in [-0.25, -0.2) is 9.13 Å². The van der Waals surface area contributed by atoms with Gasteiger partial charge >= 0.3 is 39.5 Å². The van der Waals surface area contributed by atoms with E-state index in [0.29, 0.717) is 25.7 Å². The number of carbonyl (C=O) groups is 4. The molecular weight excluding hydrogens is 1380 g/mol. The summed E-state index contributed by atoms with van der Waals surface area (Å²) in [5, 5.41) is 10.7. The number of phosphoric ester groups is 2. The summed E-state index contributed by atoms with van der Waals surface area (Å²) in [6, 6.07) is 0. The number of ether oxygens (including phenoxy) is 4. The highest BCUT2D eigenvalue weighted by atomic mass is 31.2. The van der Waals surface area contributed by atoms with E-state index in [1.807, 2.05) is 0 Å². The zero-order valence-corrected chi connectivity index (χ0v) is 71.5. The van der Waals surface area contributed by atoms with Crippen LogP contribution in [0.3, 0.4) is 0 Å². The molecule has 0 aromatic rings. The number of rotatable bonds is 86. The van der Waals surface area contributed by atoms with Crippen molar-refractivity contribution in [1.82, 2.24) is 0 Å². The van der Waals surface area contributed by atoms with E-state index in [-0.39, 0.29) is 25.7 Å². The Hall–Kier alpha value is -1.94. The summed E-state index contributed by atoms with van der Waals surface area (Å²) >= 11 is 0. The summed E-state index contributed by atoms with van der Waals surface area (Å²) in [7, 11) is -9.93. The van der Waals surface area contributed by atoms with Gasteiger partial charge in [-0.15, -0.1) is 0 Å². The maximum Gasteiger partial charge on any atom is 0.472 e. The Morgan fingerprint density at radius 1 is 0.255 bits per heavy atom. The third-order valence-electron chi connectivity index (χ3n) is 20.5. The van der Waals surface area contributed by atoms with Gasteiger partial charge in [0.1, 0.15) is 19.3 Å². The average Bonchev–Trinajstić information content (AvgIpc) is 0.899. The molecule has 0 amide bonds. The van der Waals surface area contributed by atoms with Gasteiger partial charge in [0.25, 0.3) is 0 Å². The summed E-state index contributed by atoms with van der Waals surface area (Å²) in [5.74, 6) is -0.473. The molecule has 0 aliphatic carbocycles. The van der Waals surface area contributed by atoms with Gasteiger partial charge in [0.2, 0.25) is 0 Å². The van der Waals surface area contributed by atoms with Gasteiger partial charge in [0, 0.05) is 25.7 Å². The molecule has 0 rings (SSSR count). The van der Waals surface area contributed by atoms with Gasteiger partial charge in [-0.1, -0.05) is 414 Å². The number of aliphatic hydroxyl groups is 1. The molecule has 0 radical (unpaired) electrons. The lowest BCUT2D eigenvalue weighted by Crippen LogP contribution is -2.30. The number of carbonyl (C=O) groups excluding carboxylic acids is 4. The zero-order chi connectivity index (χ0) is 77.8. The van der Waals surface area contributed by atoms with E-state index < -0.39 is 97.5 Å². The van der Waals surface area contributed by atoms with Crippen molar-refractivity contribution in [1.29, 1.82) is 0 Å². The summed E-state index contributed by atoms with van der Waals surface area (Å²) in [5.41, 5.74) is 0. The third-order valence-corrected chi connectivity index (χ3v) is 22.4. The first-order chi connectivity index (χ1) is 51.4. The first-order valence-electron chi connectivity index (χ1n) is 45.0.